The minimum Gasteiger partial charge on any atom is -0.376 e. The van der Waals surface area contributed by atoms with Gasteiger partial charge in [-0.05, 0) is 43.7 Å². The molecule has 3 rings (SSSR count). The van der Waals surface area contributed by atoms with Crippen molar-refractivity contribution in [2.45, 2.75) is 52.7 Å². The van der Waals surface area contributed by atoms with Gasteiger partial charge in [0.2, 0.25) is 5.91 Å². The van der Waals surface area contributed by atoms with Crippen molar-refractivity contribution in [2.75, 3.05) is 26.3 Å². The lowest BCUT2D eigenvalue weighted by molar-refractivity contribution is -0.131. The van der Waals surface area contributed by atoms with Crippen LogP contribution in [0.5, 0.6) is 0 Å². The maximum absolute atomic E-state index is 12.4. The number of nitrogens with zero attached hydrogens (tertiary/aromatic N) is 2. The van der Waals surface area contributed by atoms with Crippen LogP contribution in [-0.2, 0) is 20.9 Å². The molecule has 2 fully saturated rings. The van der Waals surface area contributed by atoms with Gasteiger partial charge >= 0.3 is 0 Å². The Hall–Kier alpha value is -1.46. The van der Waals surface area contributed by atoms with Gasteiger partial charge in [-0.25, -0.2) is 0 Å². The highest BCUT2D eigenvalue weighted by atomic mass is 16.5. The van der Waals surface area contributed by atoms with Crippen molar-refractivity contribution in [1.82, 2.24) is 9.88 Å². The quantitative estimate of drug-likeness (QED) is 0.668. The average molecular weight is 360 g/mol. The Morgan fingerprint density at radius 3 is 3.00 bits per heavy atom. The van der Waals surface area contributed by atoms with Crippen molar-refractivity contribution in [3.05, 3.63) is 29.6 Å². The van der Waals surface area contributed by atoms with E-state index >= 15 is 0 Å². The molecule has 5 nitrogen and oxygen atoms in total. The Kier molecular flexibility index (Phi) is 6.65. The lowest BCUT2D eigenvalue weighted by atomic mass is 9.91. The van der Waals surface area contributed by atoms with Gasteiger partial charge < -0.3 is 14.4 Å². The topological polar surface area (TPSA) is 51.7 Å². The average Bonchev–Trinajstić information content (AvgIpc) is 3.18. The van der Waals surface area contributed by atoms with Crippen LogP contribution in [0.15, 0.2) is 18.2 Å². The predicted molar refractivity (Wildman–Crippen MR) is 101 cm³/mol. The molecule has 26 heavy (non-hydrogen) atoms. The number of likely N-dealkylation sites (tertiary alicyclic amines) is 1. The number of hydrogen-bond acceptors (Lipinski definition) is 4. The molecular weight excluding hydrogens is 328 g/mol. The molecule has 0 N–H and O–H groups in total. The predicted octanol–water partition coefficient (Wildman–Crippen LogP) is 3.21. The normalized spacial score (nSPS) is 25.1. The van der Waals surface area contributed by atoms with E-state index in [0.29, 0.717) is 37.4 Å². The first-order chi connectivity index (χ1) is 12.5. The first kappa shape index (κ1) is 19.3. The van der Waals surface area contributed by atoms with Crippen LogP contribution in [0, 0.1) is 24.7 Å². The third-order valence-corrected chi connectivity index (χ3v) is 5.56. The number of carbonyl (C=O) groups excluding carboxylic acids is 1. The van der Waals surface area contributed by atoms with E-state index in [2.05, 4.69) is 18.8 Å². The zero-order chi connectivity index (χ0) is 18.5. The van der Waals surface area contributed by atoms with E-state index in [1.807, 2.05) is 30.0 Å². The van der Waals surface area contributed by atoms with Crippen LogP contribution in [0.3, 0.4) is 0 Å². The fourth-order valence-electron chi connectivity index (χ4n) is 3.96. The summed E-state index contributed by atoms with van der Waals surface area (Å²) in [7, 11) is 0. The van der Waals surface area contributed by atoms with Crippen LogP contribution < -0.4 is 0 Å². The number of rotatable bonds is 8. The Balaban J connectivity index is 1.39. The van der Waals surface area contributed by atoms with Crippen molar-refractivity contribution >= 4 is 5.91 Å². The van der Waals surface area contributed by atoms with Crippen LogP contribution in [0.4, 0.5) is 0 Å². The second-order valence-electron chi connectivity index (χ2n) is 8.14. The van der Waals surface area contributed by atoms with E-state index in [-0.39, 0.29) is 12.0 Å². The molecule has 5 heteroatoms. The molecule has 1 amide bonds. The summed E-state index contributed by atoms with van der Waals surface area (Å²) in [5.74, 6) is 1.83. The Bertz CT molecular complexity index is 605. The molecule has 3 heterocycles. The van der Waals surface area contributed by atoms with Crippen LogP contribution >= 0.6 is 0 Å². The fourth-order valence-corrected chi connectivity index (χ4v) is 3.96. The first-order valence-corrected chi connectivity index (χ1v) is 9.92. The molecule has 2 aliphatic heterocycles. The van der Waals surface area contributed by atoms with Crippen molar-refractivity contribution in [1.29, 1.82) is 0 Å². The second kappa shape index (κ2) is 8.96. The maximum atomic E-state index is 12.4. The van der Waals surface area contributed by atoms with Gasteiger partial charge in [0.25, 0.3) is 0 Å². The summed E-state index contributed by atoms with van der Waals surface area (Å²) < 4.78 is 11.8. The molecule has 1 aromatic heterocycles. The van der Waals surface area contributed by atoms with Crippen LogP contribution in [0.25, 0.3) is 0 Å². The first-order valence-electron chi connectivity index (χ1n) is 9.92. The zero-order valence-corrected chi connectivity index (χ0v) is 16.3. The number of carbonyl (C=O) groups is 1. The molecule has 0 radical (unpaired) electrons. The molecule has 0 bridgehead atoms. The summed E-state index contributed by atoms with van der Waals surface area (Å²) in [6.45, 7) is 10.0. The Labute approximate surface area is 157 Å². The summed E-state index contributed by atoms with van der Waals surface area (Å²) in [6.07, 6.45) is 2.84. The molecular formula is C21H32N2O3. The molecule has 2 saturated heterocycles. The fraction of sp³-hybridized carbons (Fsp3) is 0.714. The smallest absolute Gasteiger partial charge is 0.222 e. The minimum atomic E-state index is 0.224. The third kappa shape index (κ3) is 5.04. The SMILES string of the molecule is Cc1cccc(COCC[C@H]2CO[C@H]3CN(C(=O)CCC(C)C)C[C@@H]23)n1. The van der Waals surface area contributed by atoms with Crippen LogP contribution in [0.1, 0.15) is 44.5 Å². The zero-order valence-electron chi connectivity index (χ0n) is 16.3. The number of amides is 1. The standard InChI is InChI=1S/C21H32N2O3/c1-15(2)7-8-21(24)23-11-19-17(13-26-20(19)12-23)9-10-25-14-18-6-4-5-16(3)22-18/h4-6,15,17,19-20H,7-14H2,1-3H3/t17-,19-,20-/m0/s1. The van der Waals surface area contributed by atoms with Gasteiger partial charge in [0.15, 0.2) is 0 Å². The molecule has 0 unspecified atom stereocenters. The van der Waals surface area contributed by atoms with Gasteiger partial charge in [0, 0.05) is 37.7 Å². The molecule has 2 aliphatic rings. The number of aryl methyl sites for hydroxylation is 1. The van der Waals surface area contributed by atoms with E-state index < -0.39 is 0 Å². The molecule has 1 aromatic rings. The molecule has 0 aromatic carbocycles. The van der Waals surface area contributed by atoms with Crippen molar-refractivity contribution in [2.24, 2.45) is 17.8 Å². The molecule has 144 valence electrons. The van der Waals surface area contributed by atoms with E-state index in [0.717, 1.165) is 43.9 Å². The lowest BCUT2D eigenvalue weighted by Gasteiger charge is -2.20. The van der Waals surface area contributed by atoms with Gasteiger partial charge in [-0.2, -0.15) is 0 Å². The van der Waals surface area contributed by atoms with Gasteiger partial charge in [0.05, 0.1) is 25.0 Å². The summed E-state index contributed by atoms with van der Waals surface area (Å²) in [6, 6.07) is 6.01. The van der Waals surface area contributed by atoms with E-state index in [1.54, 1.807) is 0 Å². The highest BCUT2D eigenvalue weighted by Gasteiger charge is 2.44. The third-order valence-electron chi connectivity index (χ3n) is 5.56. The summed E-state index contributed by atoms with van der Waals surface area (Å²) in [5.41, 5.74) is 2.00. The monoisotopic (exact) mass is 360 g/mol. The number of aromatic nitrogens is 1. The van der Waals surface area contributed by atoms with Crippen LogP contribution in [0.2, 0.25) is 0 Å². The summed E-state index contributed by atoms with van der Waals surface area (Å²) in [5, 5.41) is 0. The van der Waals surface area contributed by atoms with Gasteiger partial charge in [-0.3, -0.25) is 9.78 Å². The number of fused-ring (bicyclic) bond motifs is 1. The van der Waals surface area contributed by atoms with Crippen LogP contribution in [-0.4, -0.2) is 48.2 Å². The minimum absolute atomic E-state index is 0.224. The van der Waals surface area contributed by atoms with E-state index in [9.17, 15) is 4.79 Å². The molecule has 0 aliphatic carbocycles. The summed E-state index contributed by atoms with van der Waals surface area (Å²) in [4.78, 5) is 18.8. The van der Waals surface area contributed by atoms with Gasteiger partial charge in [-0.1, -0.05) is 19.9 Å². The van der Waals surface area contributed by atoms with Crippen molar-refractivity contribution < 1.29 is 14.3 Å². The number of hydrogen-bond donors (Lipinski definition) is 0. The van der Waals surface area contributed by atoms with Gasteiger partial charge in [-0.15, -0.1) is 0 Å². The van der Waals surface area contributed by atoms with E-state index in [4.69, 9.17) is 9.47 Å². The number of ether oxygens (including phenoxy) is 2. The molecule has 0 spiro atoms. The lowest BCUT2D eigenvalue weighted by Crippen LogP contribution is -2.31. The maximum Gasteiger partial charge on any atom is 0.222 e. The van der Waals surface area contributed by atoms with Gasteiger partial charge in [0.1, 0.15) is 0 Å². The Morgan fingerprint density at radius 2 is 2.23 bits per heavy atom. The highest BCUT2D eigenvalue weighted by molar-refractivity contribution is 5.76. The Morgan fingerprint density at radius 1 is 1.38 bits per heavy atom. The largest absolute Gasteiger partial charge is 0.376 e. The summed E-state index contributed by atoms with van der Waals surface area (Å²) >= 11 is 0. The molecule has 0 saturated carbocycles. The molecule has 3 atom stereocenters. The van der Waals surface area contributed by atoms with Crippen molar-refractivity contribution in [3.63, 3.8) is 0 Å². The van der Waals surface area contributed by atoms with E-state index in [1.165, 1.54) is 0 Å². The second-order valence-corrected chi connectivity index (χ2v) is 8.14. The van der Waals surface area contributed by atoms with Crippen molar-refractivity contribution in [3.8, 4) is 0 Å². The number of pyridine rings is 1. The highest BCUT2D eigenvalue weighted by Crippen LogP contribution is 2.35.